The van der Waals surface area contributed by atoms with Crippen LogP contribution in [-0.2, 0) is 6.42 Å². The standard InChI is InChI=1S/C28H27F5N4/c1-16-21-14-25(29)23(12-20(21)6-9-35-16)24-13-22(26(30)36-27(24)34)19-4-2-17(3-5-19)18-7-10-37(11-8-18)15-28(31,32)33/h2-5,12-14,18,35H,1,6-11,15H2,(H2,34,36). The second-order valence-corrected chi connectivity index (χ2v) is 9.69. The van der Waals surface area contributed by atoms with E-state index in [-0.39, 0.29) is 22.9 Å². The lowest BCUT2D eigenvalue weighted by Gasteiger charge is -2.32. The van der Waals surface area contributed by atoms with Crippen molar-refractivity contribution >= 4 is 11.5 Å². The summed E-state index contributed by atoms with van der Waals surface area (Å²) in [7, 11) is 0. The number of hydrogen-bond acceptors (Lipinski definition) is 4. The molecule has 5 rings (SSSR count). The van der Waals surface area contributed by atoms with E-state index in [0.29, 0.717) is 61.3 Å². The zero-order chi connectivity index (χ0) is 26.3. The molecule has 4 nitrogen and oxygen atoms in total. The van der Waals surface area contributed by atoms with Crippen LogP contribution in [-0.4, -0.2) is 42.2 Å². The van der Waals surface area contributed by atoms with Gasteiger partial charge in [-0.15, -0.1) is 0 Å². The van der Waals surface area contributed by atoms with Crippen molar-refractivity contribution in [3.8, 4) is 22.3 Å². The summed E-state index contributed by atoms with van der Waals surface area (Å²) in [5.74, 6) is -1.22. The van der Waals surface area contributed by atoms with Gasteiger partial charge in [0.2, 0.25) is 5.95 Å². The van der Waals surface area contributed by atoms with Crippen LogP contribution in [0, 0.1) is 11.8 Å². The summed E-state index contributed by atoms with van der Waals surface area (Å²) in [6.07, 6.45) is -2.26. The van der Waals surface area contributed by atoms with Gasteiger partial charge in [-0.3, -0.25) is 4.90 Å². The van der Waals surface area contributed by atoms with E-state index in [0.717, 1.165) is 11.1 Å². The number of aromatic nitrogens is 1. The second-order valence-electron chi connectivity index (χ2n) is 9.69. The summed E-state index contributed by atoms with van der Waals surface area (Å²) >= 11 is 0. The van der Waals surface area contributed by atoms with Crippen LogP contribution < -0.4 is 11.1 Å². The van der Waals surface area contributed by atoms with Gasteiger partial charge in [0.05, 0.1) is 6.54 Å². The third kappa shape index (κ3) is 5.32. The SMILES string of the molecule is C=C1NCCc2cc(-c3cc(-c4ccc(C5CCN(CC(F)(F)F)CC5)cc4)c(F)nc3N)c(F)cc21. The van der Waals surface area contributed by atoms with Crippen molar-refractivity contribution in [1.29, 1.82) is 0 Å². The molecule has 3 aromatic rings. The van der Waals surface area contributed by atoms with E-state index in [4.69, 9.17) is 5.73 Å². The molecule has 3 N–H and O–H groups in total. The number of rotatable bonds is 4. The molecule has 2 aliphatic rings. The Hall–Kier alpha value is -3.46. The molecule has 9 heteroatoms. The third-order valence-electron chi connectivity index (χ3n) is 7.23. The topological polar surface area (TPSA) is 54.2 Å². The minimum Gasteiger partial charge on any atom is -0.385 e. The maximum absolute atomic E-state index is 15.1. The number of hydrogen-bond donors (Lipinski definition) is 2. The van der Waals surface area contributed by atoms with Crippen molar-refractivity contribution in [2.24, 2.45) is 0 Å². The molecule has 2 aromatic carbocycles. The molecule has 2 aliphatic heterocycles. The van der Waals surface area contributed by atoms with Gasteiger partial charge in [0, 0.05) is 34.5 Å². The summed E-state index contributed by atoms with van der Waals surface area (Å²) in [4.78, 5) is 5.29. The lowest BCUT2D eigenvalue weighted by Crippen LogP contribution is -2.39. The molecule has 1 aromatic heterocycles. The van der Waals surface area contributed by atoms with Crippen molar-refractivity contribution in [3.05, 3.63) is 77.5 Å². The first-order valence-corrected chi connectivity index (χ1v) is 12.2. The minimum absolute atomic E-state index is 0.102. The number of nitrogens with zero attached hydrogens (tertiary/aromatic N) is 2. The van der Waals surface area contributed by atoms with Gasteiger partial charge in [-0.1, -0.05) is 30.8 Å². The van der Waals surface area contributed by atoms with Crippen molar-refractivity contribution in [1.82, 2.24) is 15.2 Å². The van der Waals surface area contributed by atoms with E-state index in [9.17, 15) is 17.6 Å². The zero-order valence-electron chi connectivity index (χ0n) is 20.1. The fourth-order valence-electron chi connectivity index (χ4n) is 5.29. The Morgan fingerprint density at radius 1 is 0.973 bits per heavy atom. The highest BCUT2D eigenvalue weighted by molar-refractivity contribution is 5.82. The van der Waals surface area contributed by atoms with E-state index in [1.54, 1.807) is 18.2 Å². The van der Waals surface area contributed by atoms with E-state index in [1.807, 2.05) is 12.1 Å². The maximum atomic E-state index is 15.1. The number of benzene rings is 2. The number of nitrogen functional groups attached to an aromatic ring is 1. The highest BCUT2D eigenvalue weighted by Crippen LogP contribution is 2.37. The largest absolute Gasteiger partial charge is 0.401 e. The molecule has 0 amide bonds. The highest BCUT2D eigenvalue weighted by atomic mass is 19.4. The van der Waals surface area contributed by atoms with Crippen LogP contribution in [0.25, 0.3) is 28.0 Å². The van der Waals surface area contributed by atoms with Crippen LogP contribution in [0.2, 0.25) is 0 Å². The zero-order valence-corrected chi connectivity index (χ0v) is 20.1. The fourth-order valence-corrected chi connectivity index (χ4v) is 5.29. The molecular weight excluding hydrogens is 487 g/mol. The Balaban J connectivity index is 1.39. The molecule has 1 fully saturated rings. The van der Waals surface area contributed by atoms with Gasteiger partial charge in [0.25, 0.3) is 0 Å². The first-order valence-electron chi connectivity index (χ1n) is 12.2. The molecule has 0 saturated carbocycles. The van der Waals surface area contributed by atoms with Crippen LogP contribution in [0.5, 0.6) is 0 Å². The van der Waals surface area contributed by atoms with Gasteiger partial charge >= 0.3 is 6.18 Å². The first-order chi connectivity index (χ1) is 17.6. The average molecular weight is 515 g/mol. The Bertz CT molecular complexity index is 1330. The van der Waals surface area contributed by atoms with Crippen LogP contribution in [0.4, 0.5) is 27.8 Å². The molecule has 0 bridgehead atoms. The predicted octanol–water partition coefficient (Wildman–Crippen LogP) is 6.13. The summed E-state index contributed by atoms with van der Waals surface area (Å²) in [5, 5.41) is 3.12. The molecule has 1 saturated heterocycles. The van der Waals surface area contributed by atoms with E-state index < -0.39 is 24.5 Å². The summed E-state index contributed by atoms with van der Waals surface area (Å²) < 4.78 is 68.0. The number of piperidine rings is 1. The number of alkyl halides is 3. The predicted molar refractivity (Wildman–Crippen MR) is 135 cm³/mol. The Kier molecular flexibility index (Phi) is 6.66. The van der Waals surface area contributed by atoms with Crippen LogP contribution in [0.1, 0.15) is 35.4 Å². The second kappa shape index (κ2) is 9.78. The summed E-state index contributed by atoms with van der Waals surface area (Å²) in [6.45, 7) is 4.48. The van der Waals surface area contributed by atoms with Gasteiger partial charge in [-0.25, -0.2) is 9.37 Å². The van der Waals surface area contributed by atoms with Gasteiger partial charge in [0.1, 0.15) is 11.6 Å². The van der Waals surface area contributed by atoms with Crippen LogP contribution in [0.15, 0.2) is 49.0 Å². The maximum Gasteiger partial charge on any atom is 0.401 e. The number of halogens is 5. The molecule has 0 unspecified atom stereocenters. The Labute approximate surface area is 212 Å². The molecule has 194 valence electrons. The van der Waals surface area contributed by atoms with Crippen LogP contribution in [0.3, 0.4) is 0 Å². The van der Waals surface area contributed by atoms with Gasteiger partial charge in [-0.2, -0.15) is 17.6 Å². The molecule has 3 heterocycles. The number of anilines is 1. The van der Waals surface area contributed by atoms with Gasteiger partial charge in [0.15, 0.2) is 0 Å². The molecule has 0 atom stereocenters. The van der Waals surface area contributed by atoms with Crippen molar-refractivity contribution < 1.29 is 22.0 Å². The number of likely N-dealkylation sites (tertiary alicyclic amines) is 1. The third-order valence-corrected chi connectivity index (χ3v) is 7.23. The van der Waals surface area contributed by atoms with E-state index in [1.165, 1.54) is 17.0 Å². The first kappa shape index (κ1) is 25.2. The number of nitrogens with one attached hydrogen (secondary N) is 1. The van der Waals surface area contributed by atoms with Crippen LogP contribution >= 0.6 is 0 Å². The monoisotopic (exact) mass is 514 g/mol. The Morgan fingerprint density at radius 3 is 2.35 bits per heavy atom. The average Bonchev–Trinajstić information content (AvgIpc) is 2.84. The number of fused-ring (bicyclic) bond motifs is 1. The van der Waals surface area contributed by atoms with Gasteiger partial charge < -0.3 is 11.1 Å². The van der Waals surface area contributed by atoms with Crippen molar-refractivity contribution in [3.63, 3.8) is 0 Å². The minimum atomic E-state index is -4.20. The lowest BCUT2D eigenvalue weighted by atomic mass is 9.88. The van der Waals surface area contributed by atoms with Gasteiger partial charge in [-0.05, 0) is 73.2 Å². The summed E-state index contributed by atoms with van der Waals surface area (Å²) in [5.41, 5.74) is 10.6. The molecule has 37 heavy (non-hydrogen) atoms. The quantitative estimate of drug-likeness (QED) is 0.325. The van der Waals surface area contributed by atoms with E-state index in [2.05, 4.69) is 16.9 Å². The van der Waals surface area contributed by atoms with Crippen molar-refractivity contribution in [2.75, 3.05) is 31.9 Å². The molecule has 0 aliphatic carbocycles. The van der Waals surface area contributed by atoms with Crippen molar-refractivity contribution in [2.45, 2.75) is 31.4 Å². The fraction of sp³-hybridized carbons (Fsp3) is 0.321. The summed E-state index contributed by atoms with van der Waals surface area (Å²) in [6, 6.07) is 11.9. The lowest BCUT2D eigenvalue weighted by molar-refractivity contribution is -0.147. The highest BCUT2D eigenvalue weighted by Gasteiger charge is 2.32. The normalized spacial score (nSPS) is 16.9. The number of pyridine rings is 1. The Morgan fingerprint density at radius 2 is 1.68 bits per heavy atom. The van der Waals surface area contributed by atoms with E-state index >= 15 is 4.39 Å². The smallest absolute Gasteiger partial charge is 0.385 e. The molecule has 0 radical (unpaired) electrons. The molecular formula is C28H27F5N4. The number of nitrogens with two attached hydrogens (primary N) is 1. The molecule has 0 spiro atoms.